The summed E-state index contributed by atoms with van der Waals surface area (Å²) < 4.78 is 17.0. The molecule has 0 radical (unpaired) electrons. The summed E-state index contributed by atoms with van der Waals surface area (Å²) in [4.78, 5) is 36.9. The lowest BCUT2D eigenvalue weighted by Gasteiger charge is -2.16. The average Bonchev–Trinajstić information content (AvgIpc) is 3.24. The van der Waals surface area contributed by atoms with E-state index in [4.69, 9.17) is 14.2 Å². The van der Waals surface area contributed by atoms with Gasteiger partial charge in [0.2, 0.25) is 0 Å². The molecule has 0 aromatic carbocycles. The van der Waals surface area contributed by atoms with Crippen molar-refractivity contribution in [1.29, 1.82) is 0 Å². The van der Waals surface area contributed by atoms with Gasteiger partial charge in [-0.15, -0.1) is 0 Å². The van der Waals surface area contributed by atoms with Crippen molar-refractivity contribution in [3.05, 3.63) is 0 Å². The number of hydrogen-bond donors (Lipinski definition) is 0. The van der Waals surface area contributed by atoms with E-state index in [-0.39, 0.29) is 29.9 Å². The first-order valence-electron chi connectivity index (χ1n) is 26.5. The Morgan fingerprint density at radius 2 is 0.576 bits per heavy atom. The molecule has 0 fully saturated rings. The maximum Gasteiger partial charge on any atom is 0.308 e. The van der Waals surface area contributed by atoms with Crippen LogP contribution in [-0.4, -0.2) is 37.7 Å². The number of rotatable bonds is 49. The summed E-state index contributed by atoms with van der Waals surface area (Å²) in [6, 6.07) is 0. The Labute approximate surface area is 368 Å². The van der Waals surface area contributed by atoms with Crippen LogP contribution in [-0.2, 0) is 28.6 Å². The molecule has 0 aliphatic heterocycles. The van der Waals surface area contributed by atoms with E-state index in [9.17, 15) is 14.4 Å². The molecule has 0 saturated heterocycles. The normalized spacial score (nSPS) is 12.9. The Bertz CT molecular complexity index is 876. The highest BCUT2D eigenvalue weighted by Crippen LogP contribution is 2.23. The van der Waals surface area contributed by atoms with Crippen molar-refractivity contribution < 1.29 is 28.6 Å². The van der Waals surface area contributed by atoms with Crippen LogP contribution in [0.2, 0.25) is 0 Å². The van der Waals surface area contributed by atoms with Gasteiger partial charge in [-0.2, -0.15) is 0 Å². The van der Waals surface area contributed by atoms with Crippen molar-refractivity contribution >= 4 is 18.4 Å². The number of unbranched alkanes of at least 4 members (excludes halogenated alkanes) is 29. The smallest absolute Gasteiger partial charge is 0.308 e. The molecule has 0 aromatic heterocycles. The lowest BCUT2D eigenvalue weighted by Crippen LogP contribution is -2.18. The topological polar surface area (TPSA) is 78.9 Å². The van der Waals surface area contributed by atoms with Crippen molar-refractivity contribution in [3.63, 3.8) is 0 Å². The summed E-state index contributed by atoms with van der Waals surface area (Å²) in [5.74, 6) is 0.312. The molecule has 3 unspecified atom stereocenters. The Hall–Kier alpha value is -1.59. The van der Waals surface area contributed by atoms with Gasteiger partial charge in [0.1, 0.15) is 6.10 Å². The second-order valence-electron chi connectivity index (χ2n) is 18.3. The fourth-order valence-electron chi connectivity index (χ4n) is 8.57. The third kappa shape index (κ3) is 40.3. The molecule has 0 aromatic rings. The first-order chi connectivity index (χ1) is 29.0. The summed E-state index contributed by atoms with van der Waals surface area (Å²) in [7, 11) is 0. The first kappa shape index (κ1) is 57.4. The monoisotopic (exact) mass is 835 g/mol. The quantitative estimate of drug-likeness (QED) is 0.0263. The van der Waals surface area contributed by atoms with E-state index in [1.54, 1.807) is 0 Å². The molecule has 0 aliphatic rings. The SMILES string of the molecule is CCCCCCCCC(CCCCCC)C(=O)OCCCCCCCCCCC(CCCCCCCCCOC(=O)C(CCCCCC)CCCCCCCC)OC=O. The van der Waals surface area contributed by atoms with E-state index < -0.39 is 0 Å². The molecule has 0 N–H and O–H groups in total. The van der Waals surface area contributed by atoms with Gasteiger partial charge in [0, 0.05) is 0 Å². The minimum atomic E-state index is 0.0554. The highest BCUT2D eigenvalue weighted by molar-refractivity contribution is 5.72. The summed E-state index contributed by atoms with van der Waals surface area (Å²) >= 11 is 0. The summed E-state index contributed by atoms with van der Waals surface area (Å²) in [6.07, 6.45) is 48.3. The van der Waals surface area contributed by atoms with Gasteiger partial charge in [0.15, 0.2) is 0 Å². The molecule has 350 valence electrons. The van der Waals surface area contributed by atoms with Gasteiger partial charge in [-0.1, -0.05) is 227 Å². The van der Waals surface area contributed by atoms with Crippen LogP contribution in [0.1, 0.15) is 291 Å². The Balaban J connectivity index is 3.96. The van der Waals surface area contributed by atoms with Gasteiger partial charge < -0.3 is 14.2 Å². The molecule has 0 saturated carbocycles. The molecule has 0 aliphatic carbocycles. The molecule has 0 spiro atoms. The second kappa shape index (κ2) is 47.5. The number of esters is 2. The van der Waals surface area contributed by atoms with E-state index >= 15 is 0 Å². The van der Waals surface area contributed by atoms with Crippen molar-refractivity contribution in [2.75, 3.05) is 13.2 Å². The molecular weight excluding hydrogens is 733 g/mol. The van der Waals surface area contributed by atoms with Gasteiger partial charge in [-0.3, -0.25) is 14.4 Å². The van der Waals surface area contributed by atoms with E-state index in [1.165, 1.54) is 161 Å². The molecule has 6 heteroatoms. The second-order valence-corrected chi connectivity index (χ2v) is 18.3. The highest BCUT2D eigenvalue weighted by Gasteiger charge is 2.20. The lowest BCUT2D eigenvalue weighted by molar-refractivity contribution is -0.150. The fraction of sp³-hybridized carbons (Fsp3) is 0.943. The van der Waals surface area contributed by atoms with Crippen LogP contribution >= 0.6 is 0 Å². The number of ether oxygens (including phenoxy) is 3. The Morgan fingerprint density at radius 1 is 0.339 bits per heavy atom. The van der Waals surface area contributed by atoms with E-state index in [1.807, 2.05) is 0 Å². The zero-order chi connectivity index (χ0) is 43.1. The first-order valence-corrected chi connectivity index (χ1v) is 26.5. The molecule has 0 heterocycles. The van der Waals surface area contributed by atoms with Crippen LogP contribution in [0.3, 0.4) is 0 Å². The molecule has 59 heavy (non-hydrogen) atoms. The molecule has 6 nitrogen and oxygen atoms in total. The van der Waals surface area contributed by atoms with E-state index in [0.717, 1.165) is 103 Å². The van der Waals surface area contributed by atoms with Crippen LogP contribution in [0.15, 0.2) is 0 Å². The number of carbonyl (C=O) groups excluding carboxylic acids is 3. The van der Waals surface area contributed by atoms with Crippen molar-refractivity contribution in [2.45, 2.75) is 297 Å². The standard InChI is InChI=1S/C53H102O6/c1-5-9-13-17-26-34-42-49(40-32-15-11-7-3)52(55)57-46-38-30-24-20-19-22-28-36-44-51(59-48-54)45-37-29-23-21-25-31-39-47-58-53(56)50(41-33-16-12-8-4)43-35-27-18-14-10-6-2/h48-51H,5-47H2,1-4H3. The maximum absolute atomic E-state index is 12.9. The molecule has 0 rings (SSSR count). The van der Waals surface area contributed by atoms with E-state index in [2.05, 4.69) is 27.7 Å². The van der Waals surface area contributed by atoms with Crippen LogP contribution in [0.4, 0.5) is 0 Å². The summed E-state index contributed by atoms with van der Waals surface area (Å²) in [5, 5.41) is 0. The Morgan fingerprint density at radius 3 is 0.864 bits per heavy atom. The van der Waals surface area contributed by atoms with Crippen molar-refractivity contribution in [1.82, 2.24) is 0 Å². The summed E-state index contributed by atoms with van der Waals surface area (Å²) in [5.41, 5.74) is 0. The minimum absolute atomic E-state index is 0.0554. The van der Waals surface area contributed by atoms with Crippen LogP contribution < -0.4 is 0 Å². The molecule has 0 bridgehead atoms. The fourth-order valence-corrected chi connectivity index (χ4v) is 8.57. The van der Waals surface area contributed by atoms with Gasteiger partial charge in [0.25, 0.3) is 6.47 Å². The Kier molecular flexibility index (Phi) is 46.2. The predicted molar refractivity (Wildman–Crippen MR) is 252 cm³/mol. The third-order valence-electron chi connectivity index (χ3n) is 12.6. The lowest BCUT2D eigenvalue weighted by atomic mass is 9.94. The summed E-state index contributed by atoms with van der Waals surface area (Å²) in [6.45, 7) is 10.8. The van der Waals surface area contributed by atoms with E-state index in [0.29, 0.717) is 19.7 Å². The predicted octanol–water partition coefficient (Wildman–Crippen LogP) is 16.9. The van der Waals surface area contributed by atoms with Crippen molar-refractivity contribution in [2.24, 2.45) is 11.8 Å². The molecular formula is C53H102O6. The number of hydrogen-bond acceptors (Lipinski definition) is 6. The third-order valence-corrected chi connectivity index (χ3v) is 12.6. The van der Waals surface area contributed by atoms with Crippen molar-refractivity contribution in [3.8, 4) is 0 Å². The van der Waals surface area contributed by atoms with Gasteiger partial charge in [0.05, 0.1) is 25.0 Å². The van der Waals surface area contributed by atoms with Gasteiger partial charge >= 0.3 is 11.9 Å². The van der Waals surface area contributed by atoms with Crippen LogP contribution in [0, 0.1) is 11.8 Å². The molecule has 3 atom stereocenters. The maximum atomic E-state index is 12.9. The zero-order valence-corrected chi connectivity index (χ0v) is 40.2. The number of carbonyl (C=O) groups is 3. The largest absolute Gasteiger partial charge is 0.465 e. The minimum Gasteiger partial charge on any atom is -0.465 e. The van der Waals surface area contributed by atoms with Gasteiger partial charge in [-0.05, 0) is 64.2 Å². The highest BCUT2D eigenvalue weighted by atomic mass is 16.5. The van der Waals surface area contributed by atoms with Crippen LogP contribution in [0.5, 0.6) is 0 Å². The van der Waals surface area contributed by atoms with Gasteiger partial charge in [-0.25, -0.2) is 0 Å². The average molecular weight is 835 g/mol. The zero-order valence-electron chi connectivity index (χ0n) is 40.2. The van der Waals surface area contributed by atoms with Crippen LogP contribution in [0.25, 0.3) is 0 Å². The molecule has 0 amide bonds.